The minimum atomic E-state index is -0.0965. The first-order valence-corrected chi connectivity index (χ1v) is 17.7. The van der Waals surface area contributed by atoms with Crippen LogP contribution in [0.25, 0.3) is 66.1 Å². The van der Waals surface area contributed by atoms with E-state index in [2.05, 4.69) is 195 Å². The molecule has 1 aliphatic carbocycles. The predicted octanol–water partition coefficient (Wildman–Crippen LogP) is 13.8. The van der Waals surface area contributed by atoms with Crippen molar-refractivity contribution in [3.05, 3.63) is 187 Å². The molecular weight excluding hydrogens is 619 g/mol. The van der Waals surface area contributed by atoms with Gasteiger partial charge in [-0.2, -0.15) is 0 Å². The molecule has 0 spiro atoms. The number of nitrogens with zero attached hydrogens (tertiary/aromatic N) is 1. The number of anilines is 3. The molecule has 0 radical (unpaired) electrons. The smallest absolute Gasteiger partial charge is 0.143 e. The van der Waals surface area contributed by atoms with Crippen molar-refractivity contribution in [1.29, 1.82) is 0 Å². The van der Waals surface area contributed by atoms with Gasteiger partial charge in [-0.25, -0.2) is 0 Å². The summed E-state index contributed by atoms with van der Waals surface area (Å²) in [6, 6.07) is 63.6. The first-order valence-electron chi connectivity index (χ1n) is 17.7. The molecule has 1 aromatic heterocycles. The first kappa shape index (κ1) is 29.5. The van der Waals surface area contributed by atoms with Crippen LogP contribution < -0.4 is 4.90 Å². The van der Waals surface area contributed by atoms with Crippen LogP contribution >= 0.6 is 0 Å². The zero-order valence-corrected chi connectivity index (χ0v) is 28.6. The molecule has 0 saturated heterocycles. The fraction of sp³-hybridized carbons (Fsp3) is 0.0612. The van der Waals surface area contributed by atoms with Crippen LogP contribution in [0, 0.1) is 0 Å². The average molecular weight is 654 g/mol. The third-order valence-corrected chi connectivity index (χ3v) is 10.9. The second-order valence-electron chi connectivity index (χ2n) is 14.1. The summed E-state index contributed by atoms with van der Waals surface area (Å²) < 4.78 is 6.52. The van der Waals surface area contributed by atoms with Gasteiger partial charge >= 0.3 is 0 Å². The third-order valence-electron chi connectivity index (χ3n) is 10.9. The molecule has 8 aromatic carbocycles. The summed E-state index contributed by atoms with van der Waals surface area (Å²) in [4.78, 5) is 2.40. The van der Waals surface area contributed by atoms with Crippen molar-refractivity contribution in [2.75, 3.05) is 4.90 Å². The minimum absolute atomic E-state index is 0.0965. The molecule has 1 heterocycles. The Labute approximate surface area is 297 Å². The standard InChI is InChI=1S/C49H35NO/c1-49(2)44-20-9-8-18-41(44)42-29-27-38(31-45(42)49)50(37-16-10-15-35(30-37)32-12-4-3-5-13-32)36-25-22-34(23-26-36)39-19-11-21-46-47(39)43-28-24-33-14-6-7-17-40(33)48(43)51-46/h3-31H,1-2H3. The van der Waals surface area contributed by atoms with E-state index in [4.69, 9.17) is 4.42 Å². The summed E-state index contributed by atoms with van der Waals surface area (Å²) in [5.41, 5.74) is 15.2. The number of fused-ring (bicyclic) bond motifs is 8. The number of hydrogen-bond donors (Lipinski definition) is 0. The van der Waals surface area contributed by atoms with Crippen LogP contribution in [0.3, 0.4) is 0 Å². The zero-order valence-electron chi connectivity index (χ0n) is 28.6. The van der Waals surface area contributed by atoms with Gasteiger partial charge in [0.25, 0.3) is 0 Å². The molecule has 2 nitrogen and oxygen atoms in total. The maximum Gasteiger partial charge on any atom is 0.143 e. The second kappa shape index (κ2) is 11.3. The second-order valence-corrected chi connectivity index (χ2v) is 14.1. The summed E-state index contributed by atoms with van der Waals surface area (Å²) >= 11 is 0. The van der Waals surface area contributed by atoms with Crippen molar-refractivity contribution in [2.45, 2.75) is 19.3 Å². The maximum absolute atomic E-state index is 6.52. The predicted molar refractivity (Wildman–Crippen MR) is 214 cm³/mol. The quantitative estimate of drug-likeness (QED) is 0.184. The van der Waals surface area contributed by atoms with Gasteiger partial charge in [-0.05, 0) is 98.4 Å². The summed E-state index contributed by atoms with van der Waals surface area (Å²) in [6.07, 6.45) is 0. The van der Waals surface area contributed by atoms with Gasteiger partial charge in [0, 0.05) is 38.6 Å². The molecule has 2 heteroatoms. The fourth-order valence-electron chi connectivity index (χ4n) is 8.32. The van der Waals surface area contributed by atoms with Gasteiger partial charge in [0.15, 0.2) is 0 Å². The highest BCUT2D eigenvalue weighted by atomic mass is 16.3. The highest BCUT2D eigenvalue weighted by molar-refractivity contribution is 6.19. The van der Waals surface area contributed by atoms with Crippen LogP contribution in [0.4, 0.5) is 17.1 Å². The summed E-state index contributed by atoms with van der Waals surface area (Å²) in [5, 5.41) is 4.62. The van der Waals surface area contributed by atoms with Crippen LogP contribution in [-0.4, -0.2) is 0 Å². The Kier molecular flexibility index (Phi) is 6.56. The van der Waals surface area contributed by atoms with Gasteiger partial charge in [0.2, 0.25) is 0 Å². The molecule has 0 N–H and O–H groups in total. The lowest BCUT2D eigenvalue weighted by atomic mass is 9.82. The normalized spacial score (nSPS) is 13.1. The van der Waals surface area contributed by atoms with E-state index in [1.54, 1.807) is 0 Å². The van der Waals surface area contributed by atoms with Crippen LogP contribution in [0.1, 0.15) is 25.0 Å². The third kappa shape index (κ3) is 4.64. The zero-order chi connectivity index (χ0) is 34.1. The van der Waals surface area contributed by atoms with E-state index in [0.29, 0.717) is 0 Å². The fourth-order valence-corrected chi connectivity index (χ4v) is 8.32. The van der Waals surface area contributed by atoms with E-state index in [0.717, 1.165) is 50.0 Å². The van der Waals surface area contributed by atoms with Crippen molar-refractivity contribution in [3.8, 4) is 33.4 Å². The molecule has 0 bridgehead atoms. The van der Waals surface area contributed by atoms with Crippen molar-refractivity contribution >= 4 is 49.8 Å². The Bertz CT molecular complexity index is 2770. The molecule has 1 aliphatic rings. The highest BCUT2D eigenvalue weighted by Gasteiger charge is 2.35. The largest absolute Gasteiger partial charge is 0.455 e. The van der Waals surface area contributed by atoms with Crippen molar-refractivity contribution in [1.82, 2.24) is 0 Å². The minimum Gasteiger partial charge on any atom is -0.455 e. The number of benzene rings is 8. The lowest BCUT2D eigenvalue weighted by Crippen LogP contribution is -2.16. The number of hydrogen-bond acceptors (Lipinski definition) is 2. The van der Waals surface area contributed by atoms with Crippen LogP contribution in [-0.2, 0) is 5.41 Å². The molecule has 9 aromatic rings. The molecule has 0 unspecified atom stereocenters. The van der Waals surface area contributed by atoms with E-state index in [9.17, 15) is 0 Å². The summed E-state index contributed by atoms with van der Waals surface area (Å²) in [5.74, 6) is 0. The topological polar surface area (TPSA) is 16.4 Å². The molecule has 10 rings (SSSR count). The highest BCUT2D eigenvalue weighted by Crippen LogP contribution is 2.51. The van der Waals surface area contributed by atoms with Crippen molar-refractivity contribution in [3.63, 3.8) is 0 Å². The van der Waals surface area contributed by atoms with E-state index in [1.807, 2.05) is 0 Å². The molecule has 0 fully saturated rings. The van der Waals surface area contributed by atoms with Gasteiger partial charge in [-0.15, -0.1) is 0 Å². The monoisotopic (exact) mass is 653 g/mol. The van der Waals surface area contributed by atoms with E-state index in [1.165, 1.54) is 44.3 Å². The van der Waals surface area contributed by atoms with Gasteiger partial charge in [-0.1, -0.05) is 141 Å². The SMILES string of the molecule is CC1(C)c2ccccc2-c2ccc(N(c3ccc(-c4cccc5oc6c7ccccc7ccc6c45)cc3)c3cccc(-c4ccccc4)c3)cc21. The van der Waals surface area contributed by atoms with E-state index in [-0.39, 0.29) is 5.41 Å². The molecule has 242 valence electrons. The molecule has 0 atom stereocenters. The van der Waals surface area contributed by atoms with Gasteiger partial charge in [0.1, 0.15) is 11.2 Å². The maximum atomic E-state index is 6.52. The molecule has 0 aliphatic heterocycles. The Morgan fingerprint density at radius 2 is 1.12 bits per heavy atom. The molecule has 51 heavy (non-hydrogen) atoms. The van der Waals surface area contributed by atoms with Crippen LogP contribution in [0.2, 0.25) is 0 Å². The van der Waals surface area contributed by atoms with Crippen molar-refractivity contribution in [2.24, 2.45) is 0 Å². The molecular formula is C49H35NO. The number of rotatable bonds is 5. The lowest BCUT2D eigenvalue weighted by Gasteiger charge is -2.28. The molecule has 0 amide bonds. The Morgan fingerprint density at radius 3 is 2.00 bits per heavy atom. The molecule has 0 saturated carbocycles. The average Bonchev–Trinajstić information content (AvgIpc) is 3.68. The van der Waals surface area contributed by atoms with Crippen LogP contribution in [0.15, 0.2) is 180 Å². The van der Waals surface area contributed by atoms with E-state index < -0.39 is 0 Å². The van der Waals surface area contributed by atoms with Gasteiger partial charge in [-0.3, -0.25) is 0 Å². The Hall–Kier alpha value is -6.38. The summed E-state index contributed by atoms with van der Waals surface area (Å²) in [7, 11) is 0. The first-order chi connectivity index (χ1) is 25.0. The Morgan fingerprint density at radius 1 is 0.431 bits per heavy atom. The van der Waals surface area contributed by atoms with Crippen molar-refractivity contribution < 1.29 is 4.42 Å². The number of furan rings is 1. The van der Waals surface area contributed by atoms with Gasteiger partial charge in [0.05, 0.1) is 0 Å². The Balaban J connectivity index is 1.12. The summed E-state index contributed by atoms with van der Waals surface area (Å²) in [6.45, 7) is 4.69. The van der Waals surface area contributed by atoms with E-state index >= 15 is 0 Å². The van der Waals surface area contributed by atoms with Crippen LogP contribution in [0.5, 0.6) is 0 Å². The lowest BCUT2D eigenvalue weighted by molar-refractivity contribution is 0.660. The van der Waals surface area contributed by atoms with Gasteiger partial charge < -0.3 is 9.32 Å².